The highest BCUT2D eigenvalue weighted by molar-refractivity contribution is 7.92. The highest BCUT2D eigenvalue weighted by Gasteiger charge is 2.46. The minimum Gasteiger partial charge on any atom is -0.349 e. The molecule has 0 bridgehead atoms. The molecule has 0 aromatic heterocycles. The summed E-state index contributed by atoms with van der Waals surface area (Å²) in [6, 6.07) is 7.64. The minimum absolute atomic E-state index is 0.0354. The Balaban J connectivity index is 1.71. The number of sulfonamides is 1. The van der Waals surface area contributed by atoms with Gasteiger partial charge in [-0.25, -0.2) is 8.42 Å². The lowest BCUT2D eigenvalue weighted by molar-refractivity contribution is -0.385. The topological polar surface area (TPSA) is 118 Å². The number of nitro groups is 1. The van der Waals surface area contributed by atoms with Crippen molar-refractivity contribution in [2.45, 2.75) is 49.7 Å². The molecular weight excluding hydrogens is 463 g/mol. The van der Waals surface area contributed by atoms with Crippen LogP contribution in [0.3, 0.4) is 0 Å². The number of rotatable bonds is 6. The number of nitrogens with zero attached hydrogens (tertiary/aromatic N) is 1. The second kappa shape index (κ2) is 9.38. The quantitative estimate of drug-likeness (QED) is 0.460. The van der Waals surface area contributed by atoms with Gasteiger partial charge in [-0.1, -0.05) is 18.9 Å². The molecule has 1 amide bonds. The molecule has 2 aromatic carbocycles. The van der Waals surface area contributed by atoms with Gasteiger partial charge < -0.3 is 5.32 Å². The third-order valence-electron chi connectivity index (χ3n) is 5.59. The van der Waals surface area contributed by atoms with Crippen LogP contribution < -0.4 is 10.0 Å². The SMILES string of the molecule is Cc1ccc(S(=O)(=O)Nc2ccc(C(=O)NC3CCCCC3C(F)(F)F)cc2)cc1[N+](=O)[O-]. The second-order valence-electron chi connectivity index (χ2n) is 7.90. The first-order valence-corrected chi connectivity index (χ1v) is 11.6. The number of carbonyl (C=O) groups is 1. The zero-order chi connectivity index (χ0) is 24.4. The van der Waals surface area contributed by atoms with E-state index in [0.717, 1.165) is 6.07 Å². The lowest BCUT2D eigenvalue weighted by Gasteiger charge is -2.33. The lowest BCUT2D eigenvalue weighted by Crippen LogP contribution is -2.47. The summed E-state index contributed by atoms with van der Waals surface area (Å²) in [5, 5.41) is 13.5. The average Bonchev–Trinajstić information content (AvgIpc) is 2.73. The van der Waals surface area contributed by atoms with Crippen LogP contribution in [-0.4, -0.2) is 31.5 Å². The van der Waals surface area contributed by atoms with E-state index in [0.29, 0.717) is 18.4 Å². The molecule has 0 saturated heterocycles. The summed E-state index contributed by atoms with van der Waals surface area (Å²) >= 11 is 0. The second-order valence-corrected chi connectivity index (χ2v) is 9.58. The molecule has 0 aliphatic heterocycles. The first-order valence-electron chi connectivity index (χ1n) is 10.1. The zero-order valence-corrected chi connectivity index (χ0v) is 18.4. The van der Waals surface area contributed by atoms with E-state index in [-0.39, 0.29) is 34.7 Å². The van der Waals surface area contributed by atoms with Crippen molar-refractivity contribution in [3.05, 3.63) is 63.7 Å². The molecule has 8 nitrogen and oxygen atoms in total. The minimum atomic E-state index is -4.40. The number of aryl methyl sites for hydroxylation is 1. The van der Waals surface area contributed by atoms with E-state index in [9.17, 15) is 36.5 Å². The number of hydrogen-bond acceptors (Lipinski definition) is 5. The van der Waals surface area contributed by atoms with Gasteiger partial charge in [-0.05, 0) is 50.1 Å². The number of benzene rings is 2. The lowest BCUT2D eigenvalue weighted by atomic mass is 9.84. The molecule has 1 aliphatic rings. The van der Waals surface area contributed by atoms with Gasteiger partial charge in [0, 0.05) is 28.9 Å². The Morgan fingerprint density at radius 2 is 1.73 bits per heavy atom. The van der Waals surface area contributed by atoms with E-state index in [1.54, 1.807) is 0 Å². The van der Waals surface area contributed by atoms with E-state index in [1.807, 2.05) is 0 Å². The van der Waals surface area contributed by atoms with Crippen molar-refractivity contribution in [2.24, 2.45) is 5.92 Å². The van der Waals surface area contributed by atoms with Crippen LogP contribution in [0.1, 0.15) is 41.6 Å². The molecule has 2 unspecified atom stereocenters. The van der Waals surface area contributed by atoms with Crippen LogP contribution in [0.15, 0.2) is 47.4 Å². The van der Waals surface area contributed by atoms with Gasteiger partial charge in [-0.3, -0.25) is 19.6 Å². The molecule has 1 saturated carbocycles. The molecule has 1 fully saturated rings. The highest BCUT2D eigenvalue weighted by atomic mass is 32.2. The van der Waals surface area contributed by atoms with Crippen LogP contribution >= 0.6 is 0 Å². The largest absolute Gasteiger partial charge is 0.393 e. The van der Waals surface area contributed by atoms with Gasteiger partial charge in [0.1, 0.15) is 0 Å². The summed E-state index contributed by atoms with van der Waals surface area (Å²) in [4.78, 5) is 22.5. The highest BCUT2D eigenvalue weighted by Crippen LogP contribution is 2.37. The van der Waals surface area contributed by atoms with E-state index in [2.05, 4.69) is 10.0 Å². The maximum absolute atomic E-state index is 13.2. The van der Waals surface area contributed by atoms with Gasteiger partial charge in [0.25, 0.3) is 21.6 Å². The standard InChI is InChI=1S/C21H22F3N3O5S/c1-13-6-11-16(12-19(13)27(29)30)33(31,32)26-15-9-7-14(8-10-15)20(28)25-18-5-3-2-4-17(18)21(22,23)24/h6-12,17-18,26H,2-5H2,1H3,(H,25,28). The molecule has 12 heteroatoms. The maximum Gasteiger partial charge on any atom is 0.393 e. The zero-order valence-electron chi connectivity index (χ0n) is 17.6. The number of alkyl halides is 3. The molecule has 2 N–H and O–H groups in total. The third-order valence-corrected chi connectivity index (χ3v) is 6.97. The number of anilines is 1. The Hall–Kier alpha value is -3.15. The predicted octanol–water partition coefficient (Wildman–Crippen LogP) is 4.55. The van der Waals surface area contributed by atoms with Crippen LogP contribution in [0.2, 0.25) is 0 Å². The van der Waals surface area contributed by atoms with E-state index >= 15 is 0 Å². The molecule has 1 aliphatic carbocycles. The summed E-state index contributed by atoms with van der Waals surface area (Å²) in [6.45, 7) is 1.48. The van der Waals surface area contributed by atoms with Crippen molar-refractivity contribution in [1.29, 1.82) is 0 Å². The van der Waals surface area contributed by atoms with Crippen molar-refractivity contribution < 1.29 is 31.3 Å². The molecule has 33 heavy (non-hydrogen) atoms. The molecule has 2 aromatic rings. The molecule has 2 atom stereocenters. The van der Waals surface area contributed by atoms with Crippen molar-refractivity contribution in [1.82, 2.24) is 5.32 Å². The van der Waals surface area contributed by atoms with Crippen LogP contribution in [0.5, 0.6) is 0 Å². The molecule has 0 spiro atoms. The maximum atomic E-state index is 13.2. The number of carbonyl (C=O) groups excluding carboxylic acids is 1. The van der Waals surface area contributed by atoms with Crippen molar-refractivity contribution in [2.75, 3.05) is 4.72 Å². The normalized spacial score (nSPS) is 19.0. The first kappa shape index (κ1) is 24.5. The fourth-order valence-corrected chi connectivity index (χ4v) is 4.88. The fourth-order valence-electron chi connectivity index (χ4n) is 3.80. The van der Waals surface area contributed by atoms with E-state index < -0.39 is 39.0 Å². The Kier molecular flexibility index (Phi) is 6.96. The Morgan fingerprint density at radius 1 is 1.09 bits per heavy atom. The van der Waals surface area contributed by atoms with Crippen molar-refractivity contribution >= 4 is 27.3 Å². The molecule has 0 heterocycles. The van der Waals surface area contributed by atoms with E-state index in [1.165, 1.54) is 43.3 Å². The molecular formula is C21H22F3N3O5S. The van der Waals surface area contributed by atoms with Crippen LogP contribution in [0.25, 0.3) is 0 Å². The molecule has 178 valence electrons. The third kappa shape index (κ3) is 5.81. The van der Waals surface area contributed by atoms with Gasteiger partial charge in [-0.15, -0.1) is 0 Å². The van der Waals surface area contributed by atoms with Gasteiger partial charge >= 0.3 is 6.18 Å². The van der Waals surface area contributed by atoms with Crippen molar-refractivity contribution in [3.63, 3.8) is 0 Å². The van der Waals surface area contributed by atoms with Gasteiger partial charge in [-0.2, -0.15) is 13.2 Å². The summed E-state index contributed by atoms with van der Waals surface area (Å²) in [7, 11) is -4.15. The first-order chi connectivity index (χ1) is 15.4. The number of nitro benzene ring substituents is 1. The monoisotopic (exact) mass is 485 g/mol. The summed E-state index contributed by atoms with van der Waals surface area (Å²) in [5.74, 6) is -2.28. The number of nitrogens with one attached hydrogen (secondary N) is 2. The predicted molar refractivity (Wildman–Crippen MR) is 114 cm³/mol. The Morgan fingerprint density at radius 3 is 2.33 bits per heavy atom. The van der Waals surface area contributed by atoms with Gasteiger partial charge in [0.15, 0.2) is 0 Å². The van der Waals surface area contributed by atoms with E-state index in [4.69, 9.17) is 0 Å². The van der Waals surface area contributed by atoms with Crippen molar-refractivity contribution in [3.8, 4) is 0 Å². The summed E-state index contributed by atoms with van der Waals surface area (Å²) in [5.41, 5.74) is 0.126. The number of hydrogen-bond donors (Lipinski definition) is 2. The molecule has 0 radical (unpaired) electrons. The van der Waals surface area contributed by atoms with Gasteiger partial charge in [0.2, 0.25) is 0 Å². The summed E-state index contributed by atoms with van der Waals surface area (Å²) < 4.78 is 67.1. The smallest absolute Gasteiger partial charge is 0.349 e. The van der Waals surface area contributed by atoms with Crippen LogP contribution in [0, 0.1) is 23.0 Å². The molecule has 3 rings (SSSR count). The van der Waals surface area contributed by atoms with Crippen LogP contribution in [-0.2, 0) is 10.0 Å². The van der Waals surface area contributed by atoms with Crippen LogP contribution in [0.4, 0.5) is 24.5 Å². The number of amides is 1. The fraction of sp³-hybridized carbons (Fsp3) is 0.381. The Bertz CT molecular complexity index is 1150. The number of halogens is 3. The average molecular weight is 485 g/mol. The van der Waals surface area contributed by atoms with Gasteiger partial charge in [0.05, 0.1) is 15.7 Å². The summed E-state index contributed by atoms with van der Waals surface area (Å²) in [6.07, 6.45) is -3.15. The Labute approximate surface area is 188 Å².